The normalized spacial score (nSPS) is 13.2. The van der Waals surface area contributed by atoms with Crippen LogP contribution in [0.25, 0.3) is 0 Å². The van der Waals surface area contributed by atoms with Crippen LogP contribution in [0.3, 0.4) is 0 Å². The van der Waals surface area contributed by atoms with E-state index >= 15 is 0 Å². The minimum absolute atomic E-state index is 0.113. The van der Waals surface area contributed by atoms with Crippen LogP contribution in [0.1, 0.15) is 226 Å². The van der Waals surface area contributed by atoms with Crippen LogP contribution in [0.15, 0.2) is 146 Å². The molecule has 0 aromatic heterocycles. The summed E-state index contributed by atoms with van der Waals surface area (Å²) in [6, 6.07) is 0. The van der Waals surface area contributed by atoms with Crippen LogP contribution < -0.4 is 0 Å². The Labute approximate surface area is 436 Å². The van der Waals surface area contributed by atoms with Crippen molar-refractivity contribution in [3.05, 3.63) is 146 Å². The Morgan fingerprint density at radius 3 is 0.887 bits per heavy atom. The number of unbranched alkanes of at least 4 members (excludes halogenated alkanes) is 14. The molecule has 0 saturated heterocycles. The molecular weight excluding hydrogens is 877 g/mol. The predicted octanol–water partition coefficient (Wildman–Crippen LogP) is 19.2. The molecule has 6 heteroatoms. The van der Waals surface area contributed by atoms with Gasteiger partial charge in [-0.1, -0.05) is 218 Å². The second-order valence-electron chi connectivity index (χ2n) is 18.1. The third-order valence-electron chi connectivity index (χ3n) is 11.3. The van der Waals surface area contributed by atoms with Gasteiger partial charge in [-0.3, -0.25) is 14.4 Å². The minimum atomic E-state index is -0.818. The predicted molar refractivity (Wildman–Crippen MR) is 306 cm³/mol. The van der Waals surface area contributed by atoms with Crippen molar-refractivity contribution < 1.29 is 28.6 Å². The van der Waals surface area contributed by atoms with Crippen molar-refractivity contribution in [3.63, 3.8) is 0 Å². The van der Waals surface area contributed by atoms with Gasteiger partial charge in [-0.25, -0.2) is 0 Å². The van der Waals surface area contributed by atoms with E-state index in [4.69, 9.17) is 14.2 Å². The lowest BCUT2D eigenvalue weighted by atomic mass is 10.1. The molecule has 0 aromatic rings. The van der Waals surface area contributed by atoms with Gasteiger partial charge in [0.1, 0.15) is 13.2 Å². The fraction of sp³-hybridized carbons (Fsp3) is 0.585. The molecule has 0 amide bonds. The Hall–Kier alpha value is -4.71. The Balaban J connectivity index is 4.45. The Kier molecular flexibility index (Phi) is 54.0. The fourth-order valence-electron chi connectivity index (χ4n) is 7.12. The number of hydrogen-bond donors (Lipinski definition) is 0. The molecule has 0 rings (SSSR count). The zero-order valence-corrected chi connectivity index (χ0v) is 45.4. The van der Waals surface area contributed by atoms with E-state index in [0.717, 1.165) is 161 Å². The third-order valence-corrected chi connectivity index (χ3v) is 11.3. The van der Waals surface area contributed by atoms with Gasteiger partial charge < -0.3 is 14.2 Å². The molecule has 0 saturated carbocycles. The number of allylic oxidation sites excluding steroid dienone is 24. The summed E-state index contributed by atoms with van der Waals surface area (Å²) < 4.78 is 16.8. The van der Waals surface area contributed by atoms with Gasteiger partial charge in [-0.15, -0.1) is 0 Å². The van der Waals surface area contributed by atoms with Crippen molar-refractivity contribution in [3.8, 4) is 0 Å². The maximum Gasteiger partial charge on any atom is 0.306 e. The summed E-state index contributed by atoms with van der Waals surface area (Å²) in [5, 5.41) is 0. The molecular formula is C65H102O6. The first-order valence-electron chi connectivity index (χ1n) is 28.3. The van der Waals surface area contributed by atoms with E-state index in [1.807, 2.05) is 0 Å². The molecule has 0 heterocycles. The molecule has 0 aliphatic rings. The van der Waals surface area contributed by atoms with E-state index in [9.17, 15) is 14.4 Å². The van der Waals surface area contributed by atoms with Crippen molar-refractivity contribution in [2.75, 3.05) is 13.2 Å². The largest absolute Gasteiger partial charge is 0.462 e. The minimum Gasteiger partial charge on any atom is -0.462 e. The summed E-state index contributed by atoms with van der Waals surface area (Å²) in [5.41, 5.74) is 0. The zero-order valence-electron chi connectivity index (χ0n) is 45.4. The fourth-order valence-corrected chi connectivity index (χ4v) is 7.12. The molecule has 0 bridgehead atoms. The number of carbonyl (C=O) groups is 3. The highest BCUT2D eigenvalue weighted by molar-refractivity contribution is 5.71. The maximum absolute atomic E-state index is 12.8. The van der Waals surface area contributed by atoms with Crippen LogP contribution in [-0.2, 0) is 28.6 Å². The summed E-state index contributed by atoms with van der Waals surface area (Å²) in [5.74, 6) is -0.991. The maximum atomic E-state index is 12.8. The van der Waals surface area contributed by atoms with Crippen molar-refractivity contribution in [1.82, 2.24) is 0 Å². The smallest absolute Gasteiger partial charge is 0.306 e. The molecule has 6 nitrogen and oxygen atoms in total. The molecule has 0 spiro atoms. The van der Waals surface area contributed by atoms with E-state index in [1.165, 1.54) is 19.3 Å². The van der Waals surface area contributed by atoms with Gasteiger partial charge >= 0.3 is 17.9 Å². The Bertz CT molecular complexity index is 1590. The van der Waals surface area contributed by atoms with E-state index in [-0.39, 0.29) is 37.5 Å². The van der Waals surface area contributed by atoms with Crippen LogP contribution >= 0.6 is 0 Å². The van der Waals surface area contributed by atoms with Crippen molar-refractivity contribution >= 4 is 17.9 Å². The second-order valence-corrected chi connectivity index (χ2v) is 18.1. The van der Waals surface area contributed by atoms with Crippen molar-refractivity contribution in [1.29, 1.82) is 0 Å². The molecule has 1 unspecified atom stereocenters. The number of carbonyl (C=O) groups excluding carboxylic acids is 3. The Morgan fingerprint density at radius 1 is 0.296 bits per heavy atom. The van der Waals surface area contributed by atoms with Gasteiger partial charge in [0.15, 0.2) is 6.10 Å². The second kappa shape index (κ2) is 57.9. The lowest BCUT2D eigenvalue weighted by Crippen LogP contribution is -2.30. The molecule has 0 aliphatic heterocycles. The van der Waals surface area contributed by atoms with E-state index in [0.29, 0.717) is 19.3 Å². The van der Waals surface area contributed by atoms with E-state index < -0.39 is 6.10 Å². The van der Waals surface area contributed by atoms with Gasteiger partial charge in [0, 0.05) is 19.3 Å². The van der Waals surface area contributed by atoms with Gasteiger partial charge in [-0.2, -0.15) is 0 Å². The number of ether oxygens (including phenoxy) is 3. The van der Waals surface area contributed by atoms with Crippen molar-refractivity contribution in [2.45, 2.75) is 232 Å². The molecule has 0 aromatic carbocycles. The van der Waals surface area contributed by atoms with Crippen molar-refractivity contribution in [2.24, 2.45) is 0 Å². The number of hydrogen-bond acceptors (Lipinski definition) is 6. The summed E-state index contributed by atoms with van der Waals surface area (Å²) in [4.78, 5) is 38.1. The van der Waals surface area contributed by atoms with E-state index in [1.54, 1.807) is 0 Å². The summed E-state index contributed by atoms with van der Waals surface area (Å²) >= 11 is 0. The lowest BCUT2D eigenvalue weighted by molar-refractivity contribution is -0.167. The Morgan fingerprint density at radius 2 is 0.549 bits per heavy atom. The van der Waals surface area contributed by atoms with Crippen LogP contribution in [0, 0.1) is 0 Å². The lowest BCUT2D eigenvalue weighted by Gasteiger charge is -2.18. The molecule has 0 N–H and O–H groups in total. The SMILES string of the molecule is CC/C=C\C/C=C\C/C=C\C/C=C\C/C=C\C/C=C\CCCCCCCCC(=O)OCC(COC(=O)CCCCCCC/C=C\C/C=C\CCC)OC(=O)CCCC/C=C\C/C=C\C/C=C\C/C=C\CC. The van der Waals surface area contributed by atoms with Crippen LogP contribution in [0.5, 0.6) is 0 Å². The van der Waals surface area contributed by atoms with Crippen LogP contribution in [-0.4, -0.2) is 37.2 Å². The standard InChI is InChI=1S/C65H102O6/c1-4-7-10-13-16-19-22-25-27-28-29-30-31-32-33-34-35-36-38-40-43-46-49-52-55-58-64(67)70-61-62(60-69-63(66)57-54-51-48-45-42-39-24-21-18-15-12-9-6-3)71-65(68)59-56-53-50-47-44-41-37-26-23-20-17-14-11-8-5-2/h7-8,10-12,15-17,19-21,24-27,29-30,32-33,35-37,44,47,62H,4-6,9,13-14,18,22-23,28,31,34,38-43,45-46,48-61H2,1-3H3/b10-7-,11-8-,15-12-,19-16-,20-17-,24-21-,27-25-,30-29-,33-32-,36-35-,37-26-,47-44-. The van der Waals surface area contributed by atoms with Crippen LogP contribution in [0.2, 0.25) is 0 Å². The summed E-state index contributed by atoms with van der Waals surface area (Å²) in [6.45, 7) is 6.27. The first-order valence-corrected chi connectivity index (χ1v) is 28.3. The first kappa shape index (κ1) is 66.3. The number of rotatable bonds is 49. The van der Waals surface area contributed by atoms with Gasteiger partial charge in [0.05, 0.1) is 0 Å². The molecule has 398 valence electrons. The average molecular weight is 980 g/mol. The molecule has 0 aliphatic carbocycles. The highest BCUT2D eigenvalue weighted by Gasteiger charge is 2.19. The van der Waals surface area contributed by atoms with Gasteiger partial charge in [0.25, 0.3) is 0 Å². The first-order chi connectivity index (χ1) is 35.0. The molecule has 0 radical (unpaired) electrons. The monoisotopic (exact) mass is 979 g/mol. The highest BCUT2D eigenvalue weighted by atomic mass is 16.6. The topological polar surface area (TPSA) is 78.9 Å². The van der Waals surface area contributed by atoms with Gasteiger partial charge in [-0.05, 0) is 135 Å². The van der Waals surface area contributed by atoms with E-state index in [2.05, 4.69) is 167 Å². The van der Waals surface area contributed by atoms with Gasteiger partial charge in [0.2, 0.25) is 0 Å². The summed E-state index contributed by atoms with van der Waals surface area (Å²) in [7, 11) is 0. The number of esters is 3. The average Bonchev–Trinajstić information content (AvgIpc) is 3.37. The zero-order chi connectivity index (χ0) is 51.4. The molecule has 1 atom stereocenters. The van der Waals surface area contributed by atoms with Crippen LogP contribution in [0.4, 0.5) is 0 Å². The highest BCUT2D eigenvalue weighted by Crippen LogP contribution is 2.13. The quantitative estimate of drug-likeness (QED) is 0.0262. The summed E-state index contributed by atoms with van der Waals surface area (Å²) in [6.07, 6.45) is 82.7. The molecule has 0 fully saturated rings. The third kappa shape index (κ3) is 56.1. The molecule has 71 heavy (non-hydrogen) atoms.